The summed E-state index contributed by atoms with van der Waals surface area (Å²) in [7, 11) is 0. The lowest BCUT2D eigenvalue weighted by atomic mass is 10.1. The monoisotopic (exact) mass is 308 g/mol. The Hall–Kier alpha value is -2.36. The first-order valence-electron chi connectivity index (χ1n) is 8.37. The lowest BCUT2D eigenvalue weighted by Crippen LogP contribution is -2.08. The molecule has 4 nitrogen and oxygen atoms in total. The van der Waals surface area contributed by atoms with E-state index in [0.717, 1.165) is 40.5 Å². The molecule has 2 heterocycles. The van der Waals surface area contributed by atoms with Crippen molar-refractivity contribution in [3.8, 4) is 11.1 Å². The number of unbranched alkanes of at least 4 members (excludes halogenated alkanes) is 2. The summed E-state index contributed by atoms with van der Waals surface area (Å²) >= 11 is 0. The number of benzene rings is 1. The number of rotatable bonds is 6. The van der Waals surface area contributed by atoms with E-state index in [-0.39, 0.29) is 0 Å². The normalized spacial score (nSPS) is 11.1. The van der Waals surface area contributed by atoms with Crippen LogP contribution in [0.2, 0.25) is 0 Å². The molecule has 3 aromatic rings. The predicted molar refractivity (Wildman–Crippen MR) is 95.9 cm³/mol. The highest BCUT2D eigenvalue weighted by atomic mass is 15.3. The average Bonchev–Trinajstić information content (AvgIpc) is 2.88. The Morgan fingerprint density at radius 2 is 1.87 bits per heavy atom. The van der Waals surface area contributed by atoms with Crippen molar-refractivity contribution in [2.75, 3.05) is 11.9 Å². The number of nitrogens with one attached hydrogen (secondary N) is 1. The van der Waals surface area contributed by atoms with Gasteiger partial charge in [0.2, 0.25) is 0 Å². The maximum atomic E-state index is 4.74. The molecule has 0 bridgehead atoms. The molecule has 0 saturated heterocycles. The summed E-state index contributed by atoms with van der Waals surface area (Å²) in [5.41, 5.74) is 5.21. The Balaban J connectivity index is 2.04. The Kier molecular flexibility index (Phi) is 4.60. The molecule has 4 heteroatoms. The van der Waals surface area contributed by atoms with E-state index in [4.69, 9.17) is 10.1 Å². The second-order valence-electron chi connectivity index (χ2n) is 5.98. The summed E-state index contributed by atoms with van der Waals surface area (Å²) in [6.07, 6.45) is 3.64. The van der Waals surface area contributed by atoms with Gasteiger partial charge >= 0.3 is 0 Å². The third-order valence-corrected chi connectivity index (χ3v) is 4.04. The Labute approximate surface area is 137 Å². The number of nitrogens with zero attached hydrogens (tertiary/aromatic N) is 3. The smallest absolute Gasteiger partial charge is 0.165 e. The zero-order chi connectivity index (χ0) is 16.2. The van der Waals surface area contributed by atoms with Crippen molar-refractivity contribution in [3.63, 3.8) is 0 Å². The zero-order valence-electron chi connectivity index (χ0n) is 14.1. The van der Waals surface area contributed by atoms with E-state index in [1.807, 2.05) is 24.4 Å². The van der Waals surface area contributed by atoms with Gasteiger partial charge in [0.25, 0.3) is 0 Å². The van der Waals surface area contributed by atoms with E-state index in [1.54, 1.807) is 0 Å². The van der Waals surface area contributed by atoms with Gasteiger partial charge in [0.15, 0.2) is 5.65 Å². The number of fused-ring (bicyclic) bond motifs is 1. The van der Waals surface area contributed by atoms with Crippen molar-refractivity contribution in [2.45, 2.75) is 40.0 Å². The van der Waals surface area contributed by atoms with E-state index in [1.165, 1.54) is 19.3 Å². The van der Waals surface area contributed by atoms with Crippen molar-refractivity contribution in [3.05, 3.63) is 47.8 Å². The van der Waals surface area contributed by atoms with Gasteiger partial charge in [-0.2, -0.15) is 9.61 Å². The minimum Gasteiger partial charge on any atom is -0.370 e. The van der Waals surface area contributed by atoms with Gasteiger partial charge in [-0.05, 0) is 25.8 Å². The summed E-state index contributed by atoms with van der Waals surface area (Å²) in [5.74, 6) is 1.02. The molecule has 120 valence electrons. The van der Waals surface area contributed by atoms with Gasteiger partial charge in [0.1, 0.15) is 5.82 Å². The van der Waals surface area contributed by atoms with Crippen molar-refractivity contribution < 1.29 is 0 Å². The van der Waals surface area contributed by atoms with Crippen LogP contribution in [0.5, 0.6) is 0 Å². The van der Waals surface area contributed by atoms with Crippen molar-refractivity contribution in [1.82, 2.24) is 14.6 Å². The van der Waals surface area contributed by atoms with E-state index < -0.39 is 0 Å². The fourth-order valence-corrected chi connectivity index (χ4v) is 2.90. The van der Waals surface area contributed by atoms with E-state index in [0.29, 0.717) is 0 Å². The molecule has 0 aliphatic rings. The lowest BCUT2D eigenvalue weighted by molar-refractivity contribution is 0.738. The molecule has 0 aliphatic carbocycles. The van der Waals surface area contributed by atoms with Gasteiger partial charge in [-0.3, -0.25) is 0 Å². The minimum atomic E-state index is 0.923. The fraction of sp³-hybridized carbons (Fsp3) is 0.368. The summed E-state index contributed by atoms with van der Waals surface area (Å²) < 4.78 is 1.94. The predicted octanol–water partition coefficient (Wildman–Crippen LogP) is 4.62. The molecule has 1 N–H and O–H groups in total. The highest BCUT2D eigenvalue weighted by molar-refractivity contribution is 5.80. The van der Waals surface area contributed by atoms with Gasteiger partial charge in [0, 0.05) is 23.9 Å². The standard InChI is InChI=1S/C19H24N4/c1-4-5-9-12-20-17-13-14(2)21-19-18(15(3)22-23(17)19)16-10-7-6-8-11-16/h6-8,10-11,13,20H,4-5,9,12H2,1-3H3. The van der Waals surface area contributed by atoms with Crippen LogP contribution in [0.25, 0.3) is 16.8 Å². The van der Waals surface area contributed by atoms with Crippen LogP contribution in [0.4, 0.5) is 5.82 Å². The topological polar surface area (TPSA) is 42.2 Å². The number of anilines is 1. The number of aromatic nitrogens is 3. The van der Waals surface area contributed by atoms with Crippen LogP contribution in [-0.2, 0) is 0 Å². The molecule has 2 aromatic heterocycles. The molecular formula is C19H24N4. The fourth-order valence-electron chi connectivity index (χ4n) is 2.90. The Bertz CT molecular complexity index is 790. The number of hydrogen-bond donors (Lipinski definition) is 1. The highest BCUT2D eigenvalue weighted by Crippen LogP contribution is 2.28. The zero-order valence-corrected chi connectivity index (χ0v) is 14.1. The first-order valence-corrected chi connectivity index (χ1v) is 8.37. The van der Waals surface area contributed by atoms with Gasteiger partial charge in [0.05, 0.1) is 5.69 Å². The molecule has 23 heavy (non-hydrogen) atoms. The maximum Gasteiger partial charge on any atom is 0.165 e. The SMILES string of the molecule is CCCCCNc1cc(C)nc2c(-c3ccccc3)c(C)nn12. The summed E-state index contributed by atoms with van der Waals surface area (Å²) in [4.78, 5) is 4.74. The molecule has 0 atom stereocenters. The molecule has 0 unspecified atom stereocenters. The highest BCUT2D eigenvalue weighted by Gasteiger charge is 2.15. The van der Waals surface area contributed by atoms with Gasteiger partial charge in [-0.1, -0.05) is 50.1 Å². The van der Waals surface area contributed by atoms with Crippen LogP contribution in [0.1, 0.15) is 37.6 Å². The van der Waals surface area contributed by atoms with Crippen molar-refractivity contribution >= 4 is 11.5 Å². The van der Waals surface area contributed by atoms with E-state index >= 15 is 0 Å². The maximum absolute atomic E-state index is 4.74. The first-order chi connectivity index (χ1) is 11.2. The van der Waals surface area contributed by atoms with E-state index in [9.17, 15) is 0 Å². The van der Waals surface area contributed by atoms with Gasteiger partial charge in [-0.15, -0.1) is 0 Å². The van der Waals surface area contributed by atoms with Crippen LogP contribution in [0.3, 0.4) is 0 Å². The average molecular weight is 308 g/mol. The van der Waals surface area contributed by atoms with Gasteiger partial charge in [-0.25, -0.2) is 4.98 Å². The molecule has 3 rings (SSSR count). The molecule has 0 fully saturated rings. The van der Waals surface area contributed by atoms with E-state index in [2.05, 4.69) is 42.6 Å². The van der Waals surface area contributed by atoms with Crippen LogP contribution in [0, 0.1) is 13.8 Å². The Morgan fingerprint density at radius 3 is 2.61 bits per heavy atom. The van der Waals surface area contributed by atoms with Crippen LogP contribution < -0.4 is 5.32 Å². The molecule has 0 spiro atoms. The quantitative estimate of drug-likeness (QED) is 0.676. The Morgan fingerprint density at radius 1 is 1.09 bits per heavy atom. The minimum absolute atomic E-state index is 0.923. The van der Waals surface area contributed by atoms with Crippen molar-refractivity contribution in [1.29, 1.82) is 0 Å². The summed E-state index contributed by atoms with van der Waals surface area (Å²) in [6, 6.07) is 12.4. The molecular weight excluding hydrogens is 284 g/mol. The molecule has 0 aliphatic heterocycles. The number of aryl methyl sites for hydroxylation is 2. The van der Waals surface area contributed by atoms with Gasteiger partial charge < -0.3 is 5.32 Å². The molecule has 1 aromatic carbocycles. The molecule has 0 amide bonds. The second-order valence-corrected chi connectivity index (χ2v) is 5.98. The summed E-state index contributed by atoms with van der Waals surface area (Å²) in [5, 5.41) is 8.24. The largest absolute Gasteiger partial charge is 0.370 e. The first kappa shape index (κ1) is 15.5. The van der Waals surface area contributed by atoms with Crippen molar-refractivity contribution in [2.24, 2.45) is 0 Å². The number of hydrogen-bond acceptors (Lipinski definition) is 3. The second kappa shape index (κ2) is 6.82. The van der Waals surface area contributed by atoms with Crippen LogP contribution in [-0.4, -0.2) is 21.1 Å². The third kappa shape index (κ3) is 3.21. The third-order valence-electron chi connectivity index (χ3n) is 4.04. The molecule has 0 saturated carbocycles. The molecule has 0 radical (unpaired) electrons. The lowest BCUT2D eigenvalue weighted by Gasteiger charge is -2.09. The summed E-state index contributed by atoms with van der Waals surface area (Å²) in [6.45, 7) is 7.27. The van der Waals surface area contributed by atoms with Crippen LogP contribution in [0.15, 0.2) is 36.4 Å². The van der Waals surface area contributed by atoms with Crippen LogP contribution >= 0.6 is 0 Å².